The zero-order valence-electron chi connectivity index (χ0n) is 28.8. The maximum Gasteiger partial charge on any atom is 0.0757 e. The van der Waals surface area contributed by atoms with Gasteiger partial charge >= 0.3 is 0 Å². The minimum absolute atomic E-state index is 1.26. The van der Waals surface area contributed by atoms with Gasteiger partial charge in [0.15, 0.2) is 0 Å². The third-order valence-electron chi connectivity index (χ3n) is 9.03. The molecule has 0 aromatic heterocycles. The molecule has 7 heteroatoms. The normalized spacial score (nSPS) is 11.4. The Hall–Kier alpha value is -0.990. The Labute approximate surface area is 257 Å². The lowest BCUT2D eigenvalue weighted by molar-refractivity contribution is -0.921. The molecule has 0 heterocycles. The molecule has 246 valence electrons. The van der Waals surface area contributed by atoms with Gasteiger partial charge in [-0.25, -0.2) is 0 Å². The van der Waals surface area contributed by atoms with E-state index in [1.807, 2.05) is 0 Å². The first-order valence-electron chi connectivity index (χ1n) is 16.8. The van der Waals surface area contributed by atoms with Crippen molar-refractivity contribution in [2.24, 2.45) is 0 Å². The molecule has 0 aliphatic heterocycles. The monoisotopic (exact) mass is 603 g/mol. The second-order valence-corrected chi connectivity index (χ2v) is 11.9. The van der Waals surface area contributed by atoms with Crippen LogP contribution >= 0.6 is 0 Å². The Morgan fingerprint density at radius 3 is 1.00 bits per heavy atom. The summed E-state index contributed by atoms with van der Waals surface area (Å²) < 4.78 is 36.6. The molecule has 0 aliphatic carbocycles. The van der Waals surface area contributed by atoms with E-state index in [4.69, 9.17) is 17.5 Å². The summed E-state index contributed by atoms with van der Waals surface area (Å²) in [5.74, 6) is 0. The van der Waals surface area contributed by atoms with Crippen molar-refractivity contribution in [2.75, 3.05) is 52.4 Å². The minimum Gasteiger partial charge on any atom is -0.759 e. The molecule has 0 unspecified atom stereocenters. The van der Waals surface area contributed by atoms with E-state index >= 15 is 0 Å². The first kappa shape index (κ1) is 44.5. The van der Waals surface area contributed by atoms with Crippen LogP contribution in [0.4, 0.5) is 0 Å². The molecule has 0 saturated heterocycles. The molecule has 0 N–H and O–H groups in total. The molecule has 0 saturated carbocycles. The molecule has 0 bridgehead atoms. The standard InChI is InChI=1S/C18H30.2C8H20N.H2O4S/c1-2-3-4-5-6-7-8-9-10-12-15-18-16-13-11-14-17-18;2*1-5-9(6-2,7-3)8-4;1-5(2,3)4/h11,13-14,16-17H,2-10,12,15H2,1H3;2*5-8H2,1-4H3;(H2,1,2,3,4)/q;2*+1;/p-2. The number of aryl methyl sites for hydroxylation is 1. The van der Waals surface area contributed by atoms with E-state index < -0.39 is 10.4 Å². The van der Waals surface area contributed by atoms with Crippen LogP contribution in [-0.2, 0) is 16.8 Å². The Morgan fingerprint density at radius 1 is 0.488 bits per heavy atom. The molecular formula is C34H70N2O4S. The first-order valence-corrected chi connectivity index (χ1v) is 18.2. The number of hydrogen-bond acceptors (Lipinski definition) is 4. The van der Waals surface area contributed by atoms with E-state index in [2.05, 4.69) is 92.6 Å². The molecule has 0 amide bonds. The van der Waals surface area contributed by atoms with Crippen molar-refractivity contribution in [3.63, 3.8) is 0 Å². The molecule has 0 atom stereocenters. The smallest absolute Gasteiger partial charge is 0.0757 e. The minimum atomic E-state index is -5.17. The van der Waals surface area contributed by atoms with E-state index in [1.165, 1.54) is 138 Å². The molecule has 1 aromatic rings. The van der Waals surface area contributed by atoms with Crippen LogP contribution in [0.25, 0.3) is 0 Å². The van der Waals surface area contributed by atoms with Crippen LogP contribution in [0, 0.1) is 0 Å². The Bertz CT molecular complexity index is 686. The van der Waals surface area contributed by atoms with E-state index in [9.17, 15) is 0 Å². The zero-order valence-corrected chi connectivity index (χ0v) is 29.6. The molecular weight excluding hydrogens is 532 g/mol. The number of hydrogen-bond donors (Lipinski definition) is 0. The van der Waals surface area contributed by atoms with Crippen molar-refractivity contribution in [1.82, 2.24) is 0 Å². The van der Waals surface area contributed by atoms with Gasteiger partial charge in [-0.3, -0.25) is 8.42 Å². The lowest BCUT2D eigenvalue weighted by Crippen LogP contribution is -2.47. The van der Waals surface area contributed by atoms with E-state index in [-0.39, 0.29) is 0 Å². The van der Waals surface area contributed by atoms with Gasteiger partial charge in [0.05, 0.1) is 52.4 Å². The lowest BCUT2D eigenvalue weighted by Gasteiger charge is -2.34. The van der Waals surface area contributed by atoms with Gasteiger partial charge in [-0.1, -0.05) is 95.0 Å². The van der Waals surface area contributed by atoms with Gasteiger partial charge in [0.25, 0.3) is 0 Å². The predicted octanol–water partition coefficient (Wildman–Crippen LogP) is 8.58. The second-order valence-electron chi connectivity index (χ2n) is 11.0. The maximum absolute atomic E-state index is 8.52. The largest absolute Gasteiger partial charge is 0.759 e. The van der Waals surface area contributed by atoms with Crippen molar-refractivity contribution >= 4 is 10.4 Å². The van der Waals surface area contributed by atoms with E-state index in [0.717, 1.165) is 0 Å². The fraction of sp³-hybridized carbons (Fsp3) is 0.824. The molecule has 1 aromatic carbocycles. The van der Waals surface area contributed by atoms with Gasteiger partial charge < -0.3 is 18.1 Å². The molecule has 41 heavy (non-hydrogen) atoms. The van der Waals surface area contributed by atoms with Crippen molar-refractivity contribution in [2.45, 2.75) is 133 Å². The van der Waals surface area contributed by atoms with Crippen LogP contribution in [0.1, 0.15) is 132 Å². The quantitative estimate of drug-likeness (QED) is 0.0687. The van der Waals surface area contributed by atoms with Crippen molar-refractivity contribution < 1.29 is 26.5 Å². The highest BCUT2D eigenvalue weighted by Crippen LogP contribution is 2.12. The number of nitrogens with zero attached hydrogens (tertiary/aromatic N) is 2. The number of quaternary nitrogens is 2. The van der Waals surface area contributed by atoms with Gasteiger partial charge in [-0.15, -0.1) is 0 Å². The summed E-state index contributed by atoms with van der Waals surface area (Å²) in [6.07, 6.45) is 15.5. The van der Waals surface area contributed by atoms with Crippen molar-refractivity contribution in [3.05, 3.63) is 35.9 Å². The summed E-state index contributed by atoms with van der Waals surface area (Å²) in [6.45, 7) is 30.7. The SMILES string of the molecule is CCCCCCCCCCCCc1ccccc1.CC[N+](CC)(CC)CC.CC[N+](CC)(CC)CC.O=S(=O)([O-])[O-]. The summed E-state index contributed by atoms with van der Waals surface area (Å²) >= 11 is 0. The number of rotatable bonds is 19. The summed E-state index contributed by atoms with van der Waals surface area (Å²) in [6, 6.07) is 10.9. The van der Waals surface area contributed by atoms with Crippen LogP contribution in [0.15, 0.2) is 30.3 Å². The van der Waals surface area contributed by atoms with Crippen molar-refractivity contribution in [1.29, 1.82) is 0 Å². The van der Waals surface area contributed by atoms with Crippen LogP contribution < -0.4 is 0 Å². The van der Waals surface area contributed by atoms with E-state index in [1.54, 1.807) is 0 Å². The van der Waals surface area contributed by atoms with Crippen LogP contribution in [-0.4, -0.2) is 78.8 Å². The molecule has 6 nitrogen and oxygen atoms in total. The molecule has 1 rings (SSSR count). The predicted molar refractivity (Wildman–Crippen MR) is 177 cm³/mol. The highest BCUT2D eigenvalue weighted by atomic mass is 32.3. The molecule has 0 fully saturated rings. The fourth-order valence-electron chi connectivity index (χ4n) is 5.14. The highest BCUT2D eigenvalue weighted by molar-refractivity contribution is 7.79. The third-order valence-corrected chi connectivity index (χ3v) is 9.03. The molecule has 0 radical (unpaired) electrons. The summed E-state index contributed by atoms with van der Waals surface area (Å²) in [5.41, 5.74) is 1.50. The van der Waals surface area contributed by atoms with Crippen LogP contribution in [0.2, 0.25) is 0 Å². The van der Waals surface area contributed by atoms with Crippen LogP contribution in [0.3, 0.4) is 0 Å². The molecule has 0 spiro atoms. The van der Waals surface area contributed by atoms with Crippen molar-refractivity contribution in [3.8, 4) is 0 Å². The summed E-state index contributed by atoms with van der Waals surface area (Å²) in [5, 5.41) is 0. The Balaban J connectivity index is -0.000000530. The average molecular weight is 603 g/mol. The lowest BCUT2D eigenvalue weighted by atomic mass is 10.0. The number of benzene rings is 1. The highest BCUT2D eigenvalue weighted by Gasteiger charge is 2.17. The summed E-state index contributed by atoms with van der Waals surface area (Å²) in [4.78, 5) is 0. The molecule has 0 aliphatic rings. The van der Waals surface area contributed by atoms with Crippen LogP contribution in [0.5, 0.6) is 0 Å². The number of unbranched alkanes of at least 4 members (excludes halogenated alkanes) is 9. The van der Waals surface area contributed by atoms with Gasteiger partial charge in [-0.05, 0) is 73.8 Å². The first-order chi connectivity index (χ1) is 19.4. The average Bonchev–Trinajstić information content (AvgIpc) is 2.97. The van der Waals surface area contributed by atoms with Gasteiger partial charge in [0, 0.05) is 10.4 Å². The maximum atomic E-state index is 8.52. The topological polar surface area (TPSA) is 80.3 Å². The van der Waals surface area contributed by atoms with Gasteiger partial charge in [0.1, 0.15) is 0 Å². The van der Waals surface area contributed by atoms with E-state index in [0.29, 0.717) is 0 Å². The van der Waals surface area contributed by atoms with Gasteiger partial charge in [0.2, 0.25) is 0 Å². The second kappa shape index (κ2) is 29.1. The Kier molecular flexibility index (Phi) is 31.5. The van der Waals surface area contributed by atoms with Gasteiger partial charge in [-0.2, -0.15) is 0 Å². The fourth-order valence-corrected chi connectivity index (χ4v) is 5.14. The summed E-state index contributed by atoms with van der Waals surface area (Å²) in [7, 11) is -5.17. The third kappa shape index (κ3) is 28.9. The Morgan fingerprint density at radius 2 is 0.756 bits per heavy atom. The zero-order chi connectivity index (χ0) is 32.0.